The molecule has 0 aliphatic carbocycles. The third-order valence-corrected chi connectivity index (χ3v) is 3.19. The molecule has 0 fully saturated rings. The van der Waals surface area contributed by atoms with Crippen molar-refractivity contribution in [3.05, 3.63) is 23.8 Å². The van der Waals surface area contributed by atoms with Crippen LogP contribution >= 0.6 is 0 Å². The molecule has 2 rings (SSSR count). The molecule has 1 aliphatic rings. The molecule has 20 heavy (non-hydrogen) atoms. The standard InChI is InChI=1S/C16H23NO3/c1-16(2,3)10-12(17)9-13(18)11-4-5-14-15(8-11)20-7-6-19-14/h4-5,8,12H,6-7,9-10,17H2,1-3H3. The van der Waals surface area contributed by atoms with Crippen LogP contribution in [0.1, 0.15) is 44.0 Å². The zero-order valence-electron chi connectivity index (χ0n) is 12.4. The molecule has 0 saturated carbocycles. The Kier molecular flexibility index (Phi) is 4.33. The van der Waals surface area contributed by atoms with Gasteiger partial charge in [0.15, 0.2) is 17.3 Å². The molecule has 4 heteroatoms. The van der Waals surface area contributed by atoms with E-state index >= 15 is 0 Å². The number of ether oxygens (including phenoxy) is 2. The van der Waals surface area contributed by atoms with E-state index in [0.29, 0.717) is 36.7 Å². The number of ketones is 1. The Balaban J connectivity index is 2.02. The van der Waals surface area contributed by atoms with Crippen molar-refractivity contribution in [1.82, 2.24) is 0 Å². The number of Topliss-reactive ketones (excluding diaryl/α,β-unsaturated/α-hetero) is 1. The van der Waals surface area contributed by atoms with Crippen LogP contribution in [-0.2, 0) is 0 Å². The maximum absolute atomic E-state index is 12.3. The number of hydrogen-bond acceptors (Lipinski definition) is 4. The van der Waals surface area contributed by atoms with E-state index in [2.05, 4.69) is 20.8 Å². The van der Waals surface area contributed by atoms with Crippen molar-refractivity contribution < 1.29 is 14.3 Å². The Bertz CT molecular complexity index is 491. The molecule has 1 atom stereocenters. The van der Waals surface area contributed by atoms with Crippen molar-refractivity contribution in [2.45, 2.75) is 39.7 Å². The van der Waals surface area contributed by atoms with Gasteiger partial charge in [-0.3, -0.25) is 4.79 Å². The largest absolute Gasteiger partial charge is 0.486 e. The molecule has 1 aliphatic heterocycles. The van der Waals surface area contributed by atoms with Crippen molar-refractivity contribution >= 4 is 5.78 Å². The van der Waals surface area contributed by atoms with Crippen LogP contribution in [-0.4, -0.2) is 25.0 Å². The Labute approximate surface area is 120 Å². The molecule has 1 aromatic carbocycles. The first-order valence-corrected chi connectivity index (χ1v) is 7.03. The highest BCUT2D eigenvalue weighted by molar-refractivity contribution is 5.97. The van der Waals surface area contributed by atoms with Gasteiger partial charge in [-0.25, -0.2) is 0 Å². The van der Waals surface area contributed by atoms with Gasteiger partial charge in [0.05, 0.1) is 0 Å². The molecule has 4 nitrogen and oxygen atoms in total. The number of hydrogen-bond donors (Lipinski definition) is 1. The van der Waals surface area contributed by atoms with Crippen LogP contribution in [0.2, 0.25) is 0 Å². The van der Waals surface area contributed by atoms with Crippen molar-refractivity contribution in [1.29, 1.82) is 0 Å². The average molecular weight is 277 g/mol. The monoisotopic (exact) mass is 277 g/mol. The second-order valence-electron chi connectivity index (χ2n) is 6.51. The molecule has 0 bridgehead atoms. The van der Waals surface area contributed by atoms with E-state index in [1.165, 1.54) is 0 Å². The van der Waals surface area contributed by atoms with Crippen molar-refractivity contribution in [2.75, 3.05) is 13.2 Å². The van der Waals surface area contributed by atoms with Crippen LogP contribution < -0.4 is 15.2 Å². The summed E-state index contributed by atoms with van der Waals surface area (Å²) in [6.45, 7) is 7.45. The van der Waals surface area contributed by atoms with E-state index in [4.69, 9.17) is 15.2 Å². The first kappa shape index (κ1) is 14.9. The highest BCUT2D eigenvalue weighted by Crippen LogP contribution is 2.31. The molecule has 2 N–H and O–H groups in total. The Morgan fingerprint density at radius 1 is 1.25 bits per heavy atom. The van der Waals surface area contributed by atoms with Crippen molar-refractivity contribution in [2.24, 2.45) is 11.1 Å². The van der Waals surface area contributed by atoms with Gasteiger partial charge in [-0.05, 0) is 30.0 Å². The number of rotatable bonds is 4. The average Bonchev–Trinajstić information content (AvgIpc) is 2.35. The van der Waals surface area contributed by atoms with E-state index < -0.39 is 0 Å². The Morgan fingerprint density at radius 2 is 1.90 bits per heavy atom. The predicted octanol–water partition coefficient (Wildman–Crippen LogP) is 2.79. The minimum atomic E-state index is -0.115. The van der Waals surface area contributed by atoms with Gasteiger partial charge in [0, 0.05) is 18.0 Å². The van der Waals surface area contributed by atoms with E-state index in [1.54, 1.807) is 18.2 Å². The summed E-state index contributed by atoms with van der Waals surface area (Å²) in [6, 6.07) is 5.20. The first-order chi connectivity index (χ1) is 9.35. The minimum absolute atomic E-state index is 0.0544. The van der Waals surface area contributed by atoms with Crippen LogP contribution in [0.5, 0.6) is 11.5 Å². The topological polar surface area (TPSA) is 61.6 Å². The number of nitrogens with two attached hydrogens (primary N) is 1. The van der Waals surface area contributed by atoms with Gasteiger partial charge in [0.1, 0.15) is 13.2 Å². The molecule has 1 unspecified atom stereocenters. The fourth-order valence-corrected chi connectivity index (χ4v) is 2.43. The van der Waals surface area contributed by atoms with E-state index in [-0.39, 0.29) is 17.2 Å². The molecular weight excluding hydrogens is 254 g/mol. The molecule has 1 aromatic rings. The van der Waals surface area contributed by atoms with Gasteiger partial charge in [0.25, 0.3) is 0 Å². The molecule has 110 valence electrons. The number of benzene rings is 1. The zero-order chi connectivity index (χ0) is 14.8. The summed E-state index contributed by atoms with van der Waals surface area (Å²) in [7, 11) is 0. The van der Waals surface area contributed by atoms with Crippen LogP contribution in [0.3, 0.4) is 0 Å². The van der Waals surface area contributed by atoms with Gasteiger partial charge in [-0.1, -0.05) is 20.8 Å². The summed E-state index contributed by atoms with van der Waals surface area (Å²) in [6.07, 6.45) is 1.18. The smallest absolute Gasteiger partial charge is 0.164 e. The van der Waals surface area contributed by atoms with Crippen LogP contribution in [0.4, 0.5) is 0 Å². The van der Waals surface area contributed by atoms with Crippen LogP contribution in [0, 0.1) is 5.41 Å². The van der Waals surface area contributed by atoms with Gasteiger partial charge in [0.2, 0.25) is 0 Å². The lowest BCUT2D eigenvalue weighted by molar-refractivity contribution is 0.0967. The molecule has 0 saturated heterocycles. The summed E-state index contributed by atoms with van der Waals surface area (Å²) in [5.74, 6) is 1.40. The van der Waals surface area contributed by atoms with Crippen molar-refractivity contribution in [3.8, 4) is 11.5 Å². The Morgan fingerprint density at radius 3 is 2.55 bits per heavy atom. The molecule has 0 radical (unpaired) electrons. The SMILES string of the molecule is CC(C)(C)CC(N)CC(=O)c1ccc2c(c1)OCCO2. The summed E-state index contributed by atoms with van der Waals surface area (Å²) in [5.41, 5.74) is 6.83. The van der Waals surface area contributed by atoms with E-state index in [9.17, 15) is 4.79 Å². The van der Waals surface area contributed by atoms with Crippen molar-refractivity contribution in [3.63, 3.8) is 0 Å². The third kappa shape index (κ3) is 3.97. The third-order valence-electron chi connectivity index (χ3n) is 3.19. The predicted molar refractivity (Wildman–Crippen MR) is 78.4 cm³/mol. The second kappa shape index (κ2) is 5.83. The van der Waals surface area contributed by atoms with Gasteiger partial charge >= 0.3 is 0 Å². The normalized spacial score (nSPS) is 15.8. The molecule has 1 heterocycles. The first-order valence-electron chi connectivity index (χ1n) is 7.03. The van der Waals surface area contributed by atoms with E-state index in [1.807, 2.05) is 0 Å². The quantitative estimate of drug-likeness (QED) is 0.860. The zero-order valence-corrected chi connectivity index (χ0v) is 12.4. The van der Waals surface area contributed by atoms with Gasteiger partial charge in [-0.2, -0.15) is 0 Å². The summed E-state index contributed by atoms with van der Waals surface area (Å²) < 4.78 is 10.9. The Hall–Kier alpha value is -1.55. The van der Waals surface area contributed by atoms with Crippen LogP contribution in [0.15, 0.2) is 18.2 Å². The van der Waals surface area contributed by atoms with E-state index in [0.717, 1.165) is 6.42 Å². The highest BCUT2D eigenvalue weighted by atomic mass is 16.6. The highest BCUT2D eigenvalue weighted by Gasteiger charge is 2.20. The fourth-order valence-electron chi connectivity index (χ4n) is 2.43. The molecule has 0 amide bonds. The van der Waals surface area contributed by atoms with Gasteiger partial charge in [-0.15, -0.1) is 0 Å². The fraction of sp³-hybridized carbons (Fsp3) is 0.562. The van der Waals surface area contributed by atoms with Gasteiger partial charge < -0.3 is 15.2 Å². The van der Waals surface area contributed by atoms with Crippen LogP contribution in [0.25, 0.3) is 0 Å². The molecular formula is C16H23NO3. The lowest BCUT2D eigenvalue weighted by atomic mass is 9.86. The number of carbonyl (C=O) groups is 1. The minimum Gasteiger partial charge on any atom is -0.486 e. The lowest BCUT2D eigenvalue weighted by Crippen LogP contribution is -2.29. The molecule has 0 aromatic heterocycles. The maximum Gasteiger partial charge on any atom is 0.164 e. The number of carbonyl (C=O) groups excluding carboxylic acids is 1. The summed E-state index contributed by atoms with van der Waals surface area (Å²) in [5, 5.41) is 0. The maximum atomic E-state index is 12.3. The molecule has 0 spiro atoms. The summed E-state index contributed by atoms with van der Waals surface area (Å²) >= 11 is 0. The summed E-state index contributed by atoms with van der Waals surface area (Å²) in [4.78, 5) is 12.3. The second-order valence-corrected chi connectivity index (χ2v) is 6.51. The number of fused-ring (bicyclic) bond motifs is 1. The lowest BCUT2D eigenvalue weighted by Gasteiger charge is -2.23.